The molecule has 0 aromatic carbocycles. The van der Waals surface area contributed by atoms with Gasteiger partial charge in [0, 0.05) is 12.5 Å². The molecule has 2 N–H and O–H groups in total. The van der Waals surface area contributed by atoms with Crippen LogP contribution in [0.1, 0.15) is 66.2 Å². The number of hydrogen-bond donors (Lipinski definition) is 2. The molecule has 1 unspecified atom stereocenters. The van der Waals surface area contributed by atoms with Crippen molar-refractivity contribution in [1.82, 2.24) is 10.6 Å². The number of amides is 1. The van der Waals surface area contributed by atoms with Crippen molar-refractivity contribution in [2.75, 3.05) is 13.1 Å². The molecule has 112 valence electrons. The van der Waals surface area contributed by atoms with Gasteiger partial charge in [-0.1, -0.05) is 20.8 Å². The molecule has 0 saturated carbocycles. The van der Waals surface area contributed by atoms with Crippen molar-refractivity contribution in [3.05, 3.63) is 0 Å². The highest BCUT2D eigenvalue weighted by Crippen LogP contribution is 2.21. The molecule has 0 aliphatic carbocycles. The molecule has 1 rings (SSSR count). The first-order valence-corrected chi connectivity index (χ1v) is 7.87. The lowest BCUT2D eigenvalue weighted by Gasteiger charge is -2.23. The molecule has 0 aromatic heterocycles. The summed E-state index contributed by atoms with van der Waals surface area (Å²) in [6.45, 7) is 11.1. The van der Waals surface area contributed by atoms with Crippen molar-refractivity contribution < 1.29 is 4.79 Å². The van der Waals surface area contributed by atoms with Crippen molar-refractivity contribution in [3.8, 4) is 0 Å². The van der Waals surface area contributed by atoms with Crippen LogP contribution >= 0.6 is 0 Å². The van der Waals surface area contributed by atoms with E-state index in [9.17, 15) is 4.79 Å². The van der Waals surface area contributed by atoms with Crippen molar-refractivity contribution in [2.24, 2.45) is 11.3 Å². The highest BCUT2D eigenvalue weighted by Gasteiger charge is 2.16. The highest BCUT2D eigenvalue weighted by atomic mass is 16.1. The van der Waals surface area contributed by atoms with Gasteiger partial charge in [0.15, 0.2) is 0 Å². The average molecular weight is 268 g/mol. The SMILES string of the molecule is CC(CCC(C)(C)C)NC(=O)CCC1CCNCC1. The van der Waals surface area contributed by atoms with Crippen LogP contribution in [0.3, 0.4) is 0 Å². The molecule has 1 saturated heterocycles. The zero-order valence-corrected chi connectivity index (χ0v) is 13.2. The Bertz CT molecular complexity index is 264. The summed E-state index contributed by atoms with van der Waals surface area (Å²) in [7, 11) is 0. The molecular formula is C16H32N2O. The number of carbonyl (C=O) groups excluding carboxylic acids is 1. The number of piperidine rings is 1. The smallest absolute Gasteiger partial charge is 0.220 e. The summed E-state index contributed by atoms with van der Waals surface area (Å²) in [4.78, 5) is 11.9. The first-order valence-electron chi connectivity index (χ1n) is 7.87. The summed E-state index contributed by atoms with van der Waals surface area (Å²) < 4.78 is 0. The molecular weight excluding hydrogens is 236 g/mol. The van der Waals surface area contributed by atoms with Gasteiger partial charge < -0.3 is 10.6 Å². The average Bonchev–Trinajstić information content (AvgIpc) is 2.34. The molecule has 1 aliphatic rings. The molecule has 3 heteroatoms. The maximum atomic E-state index is 11.9. The zero-order valence-electron chi connectivity index (χ0n) is 13.2. The fourth-order valence-electron chi connectivity index (χ4n) is 2.57. The van der Waals surface area contributed by atoms with Gasteiger partial charge in [0.05, 0.1) is 0 Å². The van der Waals surface area contributed by atoms with Gasteiger partial charge in [0.1, 0.15) is 0 Å². The van der Waals surface area contributed by atoms with E-state index in [1.54, 1.807) is 0 Å². The maximum absolute atomic E-state index is 11.9. The van der Waals surface area contributed by atoms with E-state index in [1.165, 1.54) is 12.8 Å². The Kier molecular flexibility index (Phi) is 6.84. The van der Waals surface area contributed by atoms with Gasteiger partial charge in [-0.05, 0) is 63.5 Å². The van der Waals surface area contributed by atoms with Gasteiger partial charge in [0.25, 0.3) is 0 Å². The Labute approximate surface area is 118 Å². The van der Waals surface area contributed by atoms with E-state index in [0.29, 0.717) is 17.9 Å². The largest absolute Gasteiger partial charge is 0.354 e. The van der Waals surface area contributed by atoms with E-state index in [2.05, 4.69) is 38.3 Å². The van der Waals surface area contributed by atoms with E-state index in [4.69, 9.17) is 0 Å². The second-order valence-electron chi connectivity index (χ2n) is 7.30. The topological polar surface area (TPSA) is 41.1 Å². The van der Waals surface area contributed by atoms with Gasteiger partial charge in [-0.3, -0.25) is 4.79 Å². The van der Waals surface area contributed by atoms with Crippen LogP contribution in [-0.4, -0.2) is 25.0 Å². The van der Waals surface area contributed by atoms with E-state index >= 15 is 0 Å². The summed E-state index contributed by atoms with van der Waals surface area (Å²) in [5, 5.41) is 6.50. The Hall–Kier alpha value is -0.570. The standard InChI is InChI=1S/C16H32N2O/c1-13(7-10-16(2,3)4)18-15(19)6-5-14-8-11-17-12-9-14/h13-14,17H,5-12H2,1-4H3,(H,18,19). The summed E-state index contributed by atoms with van der Waals surface area (Å²) in [5.41, 5.74) is 0.355. The third-order valence-corrected chi connectivity index (χ3v) is 3.97. The fraction of sp³-hybridized carbons (Fsp3) is 0.938. The van der Waals surface area contributed by atoms with Crippen LogP contribution in [0.4, 0.5) is 0 Å². The number of hydrogen-bond acceptors (Lipinski definition) is 2. The van der Waals surface area contributed by atoms with Crippen LogP contribution in [0.15, 0.2) is 0 Å². The maximum Gasteiger partial charge on any atom is 0.220 e. The predicted molar refractivity (Wildman–Crippen MR) is 81.1 cm³/mol. The van der Waals surface area contributed by atoms with Crippen LogP contribution in [0.2, 0.25) is 0 Å². The lowest BCUT2D eigenvalue weighted by atomic mass is 9.89. The van der Waals surface area contributed by atoms with Crippen molar-refractivity contribution in [1.29, 1.82) is 0 Å². The normalized spacial score (nSPS) is 19.2. The lowest BCUT2D eigenvalue weighted by molar-refractivity contribution is -0.122. The van der Waals surface area contributed by atoms with Crippen LogP contribution in [-0.2, 0) is 4.79 Å². The van der Waals surface area contributed by atoms with E-state index in [1.807, 2.05) is 0 Å². The second kappa shape index (κ2) is 7.88. The number of rotatable bonds is 6. The fourth-order valence-corrected chi connectivity index (χ4v) is 2.57. The molecule has 0 aromatic rings. The minimum Gasteiger partial charge on any atom is -0.354 e. The molecule has 0 spiro atoms. The van der Waals surface area contributed by atoms with Crippen LogP contribution in [0.5, 0.6) is 0 Å². The van der Waals surface area contributed by atoms with E-state index in [0.717, 1.165) is 38.3 Å². The van der Waals surface area contributed by atoms with Crippen LogP contribution in [0.25, 0.3) is 0 Å². The Balaban J connectivity index is 2.12. The van der Waals surface area contributed by atoms with Crippen LogP contribution < -0.4 is 10.6 Å². The summed E-state index contributed by atoms with van der Waals surface area (Å²) in [5.74, 6) is 0.983. The minimum absolute atomic E-state index is 0.236. The zero-order chi connectivity index (χ0) is 14.3. The summed E-state index contributed by atoms with van der Waals surface area (Å²) >= 11 is 0. The molecule has 0 radical (unpaired) electrons. The molecule has 0 bridgehead atoms. The summed E-state index contributed by atoms with van der Waals surface area (Å²) in [6.07, 6.45) is 6.44. The first kappa shape index (κ1) is 16.5. The Morgan fingerprint density at radius 2 is 1.95 bits per heavy atom. The van der Waals surface area contributed by atoms with Gasteiger partial charge in [-0.25, -0.2) is 0 Å². The van der Waals surface area contributed by atoms with Gasteiger partial charge >= 0.3 is 0 Å². The van der Waals surface area contributed by atoms with Crippen molar-refractivity contribution in [2.45, 2.75) is 72.3 Å². The molecule has 3 nitrogen and oxygen atoms in total. The minimum atomic E-state index is 0.236. The van der Waals surface area contributed by atoms with Crippen molar-refractivity contribution >= 4 is 5.91 Å². The molecule has 19 heavy (non-hydrogen) atoms. The molecule has 1 amide bonds. The number of carbonyl (C=O) groups is 1. The van der Waals surface area contributed by atoms with Crippen molar-refractivity contribution in [3.63, 3.8) is 0 Å². The summed E-state index contributed by atoms with van der Waals surface area (Å²) in [6, 6.07) is 0.305. The molecule has 1 heterocycles. The van der Waals surface area contributed by atoms with Gasteiger partial charge in [-0.15, -0.1) is 0 Å². The lowest BCUT2D eigenvalue weighted by Crippen LogP contribution is -2.34. The van der Waals surface area contributed by atoms with Crippen LogP contribution in [0, 0.1) is 11.3 Å². The quantitative estimate of drug-likeness (QED) is 0.777. The third kappa shape index (κ3) is 8.25. The highest BCUT2D eigenvalue weighted by molar-refractivity contribution is 5.76. The van der Waals surface area contributed by atoms with E-state index < -0.39 is 0 Å². The molecule has 1 fully saturated rings. The third-order valence-electron chi connectivity index (χ3n) is 3.97. The molecule has 1 atom stereocenters. The second-order valence-corrected chi connectivity index (χ2v) is 7.30. The van der Waals surface area contributed by atoms with Gasteiger partial charge in [-0.2, -0.15) is 0 Å². The van der Waals surface area contributed by atoms with E-state index in [-0.39, 0.29) is 5.91 Å². The monoisotopic (exact) mass is 268 g/mol. The van der Waals surface area contributed by atoms with Gasteiger partial charge in [0.2, 0.25) is 5.91 Å². The molecule has 1 aliphatic heterocycles. The Morgan fingerprint density at radius 3 is 2.53 bits per heavy atom. The number of nitrogens with one attached hydrogen (secondary N) is 2. The Morgan fingerprint density at radius 1 is 1.32 bits per heavy atom. The predicted octanol–water partition coefficient (Wildman–Crippen LogP) is 3.10. The first-order chi connectivity index (χ1) is 8.87.